The zero-order valence-electron chi connectivity index (χ0n) is 18.3. The molecule has 2 amide bonds. The van der Waals surface area contributed by atoms with Crippen LogP contribution in [0.15, 0.2) is 29.2 Å². The van der Waals surface area contributed by atoms with Gasteiger partial charge in [0.25, 0.3) is 0 Å². The fourth-order valence-electron chi connectivity index (χ4n) is 3.61. The van der Waals surface area contributed by atoms with Gasteiger partial charge in [-0.3, -0.25) is 14.5 Å². The number of nitrogens with zero attached hydrogens (tertiary/aromatic N) is 2. The smallest absolute Gasteiger partial charge is 0.243 e. The minimum atomic E-state index is -3.58. The highest BCUT2D eigenvalue weighted by atomic mass is 32.2. The van der Waals surface area contributed by atoms with Crippen LogP contribution in [0.5, 0.6) is 0 Å². The molecule has 0 saturated carbocycles. The molecule has 0 aromatic heterocycles. The molecule has 1 aromatic rings. The molecule has 2 N–H and O–H groups in total. The van der Waals surface area contributed by atoms with E-state index in [1.165, 1.54) is 16.4 Å². The van der Waals surface area contributed by atoms with E-state index in [-0.39, 0.29) is 35.2 Å². The minimum Gasteiger partial charge on any atom is -0.354 e. The lowest BCUT2D eigenvalue weighted by molar-refractivity contribution is -0.127. The van der Waals surface area contributed by atoms with Crippen LogP contribution in [0.4, 0.5) is 5.69 Å². The molecule has 0 atom stereocenters. The summed E-state index contributed by atoms with van der Waals surface area (Å²) in [5, 5.41) is 5.74. The van der Waals surface area contributed by atoms with Crippen LogP contribution in [-0.4, -0.2) is 68.2 Å². The molecule has 1 saturated heterocycles. The normalized spacial score (nSPS) is 16.1. The van der Waals surface area contributed by atoms with Gasteiger partial charge in [0.15, 0.2) is 0 Å². The summed E-state index contributed by atoms with van der Waals surface area (Å²) < 4.78 is 26.7. The Morgan fingerprint density at radius 3 is 2.37 bits per heavy atom. The van der Waals surface area contributed by atoms with Crippen LogP contribution in [-0.2, 0) is 19.6 Å². The van der Waals surface area contributed by atoms with Gasteiger partial charge in [-0.1, -0.05) is 19.9 Å². The summed E-state index contributed by atoms with van der Waals surface area (Å²) in [6.07, 6.45) is 1.45. The molecular weight excluding hydrogens is 404 g/mol. The van der Waals surface area contributed by atoms with Crippen molar-refractivity contribution in [1.82, 2.24) is 14.5 Å². The second-order valence-electron chi connectivity index (χ2n) is 7.88. The second-order valence-corrected chi connectivity index (χ2v) is 9.82. The van der Waals surface area contributed by atoms with Gasteiger partial charge in [0.05, 0.1) is 11.4 Å². The molecule has 1 aliphatic heterocycles. The van der Waals surface area contributed by atoms with Crippen LogP contribution in [0.2, 0.25) is 0 Å². The Bertz CT molecular complexity index is 829. The average Bonchev–Trinajstić information content (AvgIpc) is 2.69. The molecule has 1 aromatic carbocycles. The molecule has 0 bridgehead atoms. The summed E-state index contributed by atoms with van der Waals surface area (Å²) >= 11 is 0. The monoisotopic (exact) mass is 438 g/mol. The molecule has 0 aliphatic carbocycles. The van der Waals surface area contributed by atoms with Crippen molar-refractivity contribution < 1.29 is 18.0 Å². The van der Waals surface area contributed by atoms with Crippen molar-refractivity contribution in [3.8, 4) is 0 Å². The first kappa shape index (κ1) is 24.3. The summed E-state index contributed by atoms with van der Waals surface area (Å²) in [6.45, 7) is 9.83. The van der Waals surface area contributed by atoms with Crippen LogP contribution in [0.25, 0.3) is 0 Å². The summed E-state index contributed by atoms with van der Waals surface area (Å²) in [6, 6.07) is 6.47. The highest BCUT2D eigenvalue weighted by molar-refractivity contribution is 7.89. The minimum absolute atomic E-state index is 0.00586. The molecule has 1 aliphatic rings. The van der Waals surface area contributed by atoms with Crippen molar-refractivity contribution in [2.45, 2.75) is 51.5 Å². The van der Waals surface area contributed by atoms with E-state index in [0.29, 0.717) is 31.9 Å². The van der Waals surface area contributed by atoms with E-state index >= 15 is 0 Å². The van der Waals surface area contributed by atoms with E-state index in [2.05, 4.69) is 10.6 Å². The van der Waals surface area contributed by atoms with E-state index in [1.807, 2.05) is 18.7 Å². The Kier molecular flexibility index (Phi) is 8.81. The molecule has 1 heterocycles. The Morgan fingerprint density at radius 1 is 1.17 bits per heavy atom. The number of hydrogen-bond acceptors (Lipinski definition) is 5. The predicted molar refractivity (Wildman–Crippen MR) is 118 cm³/mol. The van der Waals surface area contributed by atoms with E-state index in [4.69, 9.17) is 0 Å². The first-order chi connectivity index (χ1) is 14.2. The first-order valence-corrected chi connectivity index (χ1v) is 12.0. The summed E-state index contributed by atoms with van der Waals surface area (Å²) in [7, 11) is -3.58. The van der Waals surface area contributed by atoms with Crippen molar-refractivity contribution in [2.24, 2.45) is 5.92 Å². The molecule has 1 fully saturated rings. The zero-order chi connectivity index (χ0) is 22.3. The van der Waals surface area contributed by atoms with Crippen LogP contribution in [0.1, 0.15) is 40.5 Å². The molecule has 0 spiro atoms. The number of carbonyl (C=O) groups excluding carboxylic acids is 2. The van der Waals surface area contributed by atoms with Gasteiger partial charge < -0.3 is 10.6 Å². The number of piperidine rings is 1. The van der Waals surface area contributed by atoms with Crippen molar-refractivity contribution in [3.05, 3.63) is 24.3 Å². The van der Waals surface area contributed by atoms with E-state index < -0.39 is 10.0 Å². The first-order valence-electron chi connectivity index (χ1n) is 10.6. The number of rotatable bonds is 9. The number of sulfonamides is 1. The standard InChI is InChI=1S/C21H34N4O4S/c1-5-25(6-2)30(28,29)19-9-7-8-18(14-19)23-20(26)15-24-12-10-17(11-13-24)21(27)22-16(3)4/h7-9,14,16-17H,5-6,10-13,15H2,1-4H3,(H,22,27)(H,23,26). The van der Waals surface area contributed by atoms with Gasteiger partial charge in [-0.2, -0.15) is 4.31 Å². The highest BCUT2D eigenvalue weighted by Crippen LogP contribution is 2.20. The molecule has 2 rings (SSSR count). The Morgan fingerprint density at radius 2 is 1.80 bits per heavy atom. The topological polar surface area (TPSA) is 98.8 Å². The SMILES string of the molecule is CCN(CC)S(=O)(=O)c1cccc(NC(=O)CN2CCC(C(=O)NC(C)C)CC2)c1. The predicted octanol–water partition coefficient (Wildman–Crippen LogP) is 1.89. The largest absolute Gasteiger partial charge is 0.354 e. The van der Waals surface area contributed by atoms with Gasteiger partial charge in [0.2, 0.25) is 21.8 Å². The van der Waals surface area contributed by atoms with Crippen molar-refractivity contribution in [1.29, 1.82) is 0 Å². The zero-order valence-corrected chi connectivity index (χ0v) is 19.2. The lowest BCUT2D eigenvalue weighted by Gasteiger charge is -2.31. The number of nitrogens with one attached hydrogen (secondary N) is 2. The molecule has 9 heteroatoms. The third kappa shape index (κ3) is 6.52. The van der Waals surface area contributed by atoms with Gasteiger partial charge in [0.1, 0.15) is 0 Å². The number of amides is 2. The Labute approximate surface area is 180 Å². The summed E-state index contributed by atoms with van der Waals surface area (Å²) in [5.41, 5.74) is 0.458. The Balaban J connectivity index is 1.91. The van der Waals surface area contributed by atoms with Crippen LogP contribution >= 0.6 is 0 Å². The van der Waals surface area contributed by atoms with Gasteiger partial charge in [0, 0.05) is 30.7 Å². The number of anilines is 1. The molecular formula is C21H34N4O4S. The maximum atomic E-state index is 12.7. The lowest BCUT2D eigenvalue weighted by Crippen LogP contribution is -2.44. The molecule has 168 valence electrons. The molecule has 0 unspecified atom stereocenters. The van der Waals surface area contributed by atoms with Crippen molar-refractivity contribution in [2.75, 3.05) is 38.0 Å². The van der Waals surface area contributed by atoms with Crippen LogP contribution in [0.3, 0.4) is 0 Å². The van der Waals surface area contributed by atoms with Gasteiger partial charge in [-0.05, 0) is 58.0 Å². The molecule has 30 heavy (non-hydrogen) atoms. The second kappa shape index (κ2) is 10.9. The van der Waals surface area contributed by atoms with Gasteiger partial charge >= 0.3 is 0 Å². The number of likely N-dealkylation sites (tertiary alicyclic amines) is 1. The molecule has 0 radical (unpaired) electrons. The maximum absolute atomic E-state index is 12.7. The highest BCUT2D eigenvalue weighted by Gasteiger charge is 2.26. The number of benzene rings is 1. The molecule has 8 nitrogen and oxygen atoms in total. The van der Waals surface area contributed by atoms with E-state index in [0.717, 1.165) is 12.8 Å². The third-order valence-electron chi connectivity index (χ3n) is 5.22. The summed E-state index contributed by atoms with van der Waals surface area (Å²) in [4.78, 5) is 26.8. The van der Waals surface area contributed by atoms with Gasteiger partial charge in [-0.25, -0.2) is 8.42 Å². The maximum Gasteiger partial charge on any atom is 0.243 e. The van der Waals surface area contributed by atoms with Crippen molar-refractivity contribution >= 4 is 27.5 Å². The number of hydrogen-bond donors (Lipinski definition) is 2. The van der Waals surface area contributed by atoms with Crippen LogP contribution < -0.4 is 10.6 Å². The van der Waals surface area contributed by atoms with E-state index in [9.17, 15) is 18.0 Å². The quantitative estimate of drug-likeness (QED) is 0.613. The fourth-order valence-corrected chi connectivity index (χ4v) is 5.11. The number of carbonyl (C=O) groups is 2. The van der Waals surface area contributed by atoms with Crippen molar-refractivity contribution in [3.63, 3.8) is 0 Å². The average molecular weight is 439 g/mol. The van der Waals surface area contributed by atoms with E-state index in [1.54, 1.807) is 26.0 Å². The summed E-state index contributed by atoms with van der Waals surface area (Å²) in [5.74, 6) is -0.119. The Hall–Kier alpha value is -1.97. The lowest BCUT2D eigenvalue weighted by atomic mass is 9.95. The van der Waals surface area contributed by atoms with Gasteiger partial charge in [-0.15, -0.1) is 0 Å². The van der Waals surface area contributed by atoms with Crippen LogP contribution in [0, 0.1) is 5.92 Å². The fraction of sp³-hybridized carbons (Fsp3) is 0.619. The third-order valence-corrected chi connectivity index (χ3v) is 7.26.